The zero-order chi connectivity index (χ0) is 9.84. The first-order chi connectivity index (χ1) is 6.16. The Morgan fingerprint density at radius 3 is 2.85 bits per heavy atom. The van der Waals surface area contributed by atoms with E-state index in [9.17, 15) is 4.39 Å². The van der Waals surface area contributed by atoms with E-state index in [0.717, 1.165) is 12.8 Å². The van der Waals surface area contributed by atoms with E-state index in [0.29, 0.717) is 9.13 Å². The van der Waals surface area contributed by atoms with Gasteiger partial charge in [-0.05, 0) is 35.1 Å². The minimum atomic E-state index is -0.167. The van der Waals surface area contributed by atoms with Crippen LogP contribution < -0.4 is 5.73 Å². The number of rotatable bonds is 3. The Morgan fingerprint density at radius 1 is 1.54 bits per heavy atom. The van der Waals surface area contributed by atoms with Gasteiger partial charge in [0.15, 0.2) is 0 Å². The van der Waals surface area contributed by atoms with Crippen molar-refractivity contribution in [2.45, 2.75) is 25.8 Å². The summed E-state index contributed by atoms with van der Waals surface area (Å²) in [6.07, 6.45) is 1.81. The van der Waals surface area contributed by atoms with Gasteiger partial charge in [-0.3, -0.25) is 0 Å². The molecule has 0 amide bonds. The molecule has 0 bridgehead atoms. The Bertz CT molecular complexity index is 288. The molecule has 0 aromatic heterocycles. The number of hydrogen-bond donors (Lipinski definition) is 1. The van der Waals surface area contributed by atoms with Crippen molar-refractivity contribution < 1.29 is 4.39 Å². The summed E-state index contributed by atoms with van der Waals surface area (Å²) in [5.41, 5.74) is 6.47. The van der Waals surface area contributed by atoms with Gasteiger partial charge in [0.2, 0.25) is 0 Å². The van der Waals surface area contributed by atoms with E-state index in [1.54, 1.807) is 12.1 Å². The van der Waals surface area contributed by atoms with Crippen molar-refractivity contribution in [1.29, 1.82) is 0 Å². The van der Waals surface area contributed by atoms with Crippen LogP contribution >= 0.6 is 22.6 Å². The molecule has 13 heavy (non-hydrogen) atoms. The van der Waals surface area contributed by atoms with Crippen LogP contribution in [0.2, 0.25) is 0 Å². The van der Waals surface area contributed by atoms with Crippen molar-refractivity contribution in [1.82, 2.24) is 0 Å². The second kappa shape index (κ2) is 4.91. The monoisotopic (exact) mass is 293 g/mol. The van der Waals surface area contributed by atoms with Gasteiger partial charge in [-0.1, -0.05) is 25.5 Å². The van der Waals surface area contributed by atoms with Crippen molar-refractivity contribution in [3.63, 3.8) is 0 Å². The normalized spacial score (nSPS) is 12.9. The van der Waals surface area contributed by atoms with E-state index in [1.165, 1.54) is 0 Å². The molecule has 0 aliphatic heterocycles. The zero-order valence-corrected chi connectivity index (χ0v) is 9.71. The first kappa shape index (κ1) is 10.9. The summed E-state index contributed by atoms with van der Waals surface area (Å²) in [6, 6.07) is 5.19. The van der Waals surface area contributed by atoms with Crippen LogP contribution in [0.5, 0.6) is 0 Å². The highest BCUT2D eigenvalue weighted by Crippen LogP contribution is 2.22. The second-order valence-corrected chi connectivity index (χ2v) is 4.20. The molecule has 0 radical (unpaired) electrons. The van der Waals surface area contributed by atoms with Crippen LogP contribution in [0, 0.1) is 9.39 Å². The third-order valence-electron chi connectivity index (χ3n) is 1.98. The molecular weight excluding hydrogens is 280 g/mol. The van der Waals surface area contributed by atoms with Gasteiger partial charge < -0.3 is 5.73 Å². The van der Waals surface area contributed by atoms with Gasteiger partial charge in [-0.2, -0.15) is 0 Å². The summed E-state index contributed by atoms with van der Waals surface area (Å²) >= 11 is 1.98. The average molecular weight is 293 g/mol. The highest BCUT2D eigenvalue weighted by atomic mass is 127. The van der Waals surface area contributed by atoms with Crippen molar-refractivity contribution in [2.24, 2.45) is 5.73 Å². The maximum atomic E-state index is 13.5. The zero-order valence-electron chi connectivity index (χ0n) is 7.56. The Balaban J connectivity index is 2.93. The molecule has 0 saturated heterocycles. The van der Waals surface area contributed by atoms with Gasteiger partial charge in [0.1, 0.15) is 5.82 Å². The molecule has 1 rings (SSSR count). The quantitative estimate of drug-likeness (QED) is 0.851. The molecule has 0 saturated carbocycles. The summed E-state index contributed by atoms with van der Waals surface area (Å²) in [5.74, 6) is -0.163. The maximum Gasteiger partial charge on any atom is 0.141 e. The van der Waals surface area contributed by atoms with E-state index in [4.69, 9.17) is 5.73 Å². The number of nitrogens with two attached hydrogens (primary N) is 1. The molecule has 1 aromatic rings. The van der Waals surface area contributed by atoms with Crippen molar-refractivity contribution in [3.05, 3.63) is 33.1 Å². The molecule has 1 atom stereocenters. The first-order valence-corrected chi connectivity index (χ1v) is 5.44. The SMILES string of the molecule is CCC[C@H](N)c1cccc(I)c1F. The van der Waals surface area contributed by atoms with Crippen LogP contribution in [0.1, 0.15) is 31.4 Å². The maximum absolute atomic E-state index is 13.5. The Hall–Kier alpha value is -0.160. The molecule has 2 N–H and O–H groups in total. The predicted octanol–water partition coefficient (Wildman–Crippen LogP) is 3.23. The van der Waals surface area contributed by atoms with Gasteiger partial charge in [-0.15, -0.1) is 0 Å². The topological polar surface area (TPSA) is 26.0 Å². The number of halogens is 2. The lowest BCUT2D eigenvalue weighted by Gasteiger charge is -2.12. The highest BCUT2D eigenvalue weighted by Gasteiger charge is 2.11. The largest absolute Gasteiger partial charge is 0.324 e. The first-order valence-electron chi connectivity index (χ1n) is 4.36. The van der Waals surface area contributed by atoms with Crippen LogP contribution in [-0.4, -0.2) is 0 Å². The molecule has 1 aromatic carbocycles. The third kappa shape index (κ3) is 2.64. The predicted molar refractivity (Wildman–Crippen MR) is 61.0 cm³/mol. The molecule has 0 spiro atoms. The van der Waals surface area contributed by atoms with Crippen molar-refractivity contribution >= 4 is 22.6 Å². The lowest BCUT2D eigenvalue weighted by atomic mass is 10.0. The third-order valence-corrected chi connectivity index (χ3v) is 2.81. The molecule has 0 unspecified atom stereocenters. The molecule has 0 aliphatic rings. The molecular formula is C10H13FIN. The van der Waals surface area contributed by atoms with Crippen LogP contribution in [0.25, 0.3) is 0 Å². The molecule has 3 heteroatoms. The van der Waals surface area contributed by atoms with Crippen molar-refractivity contribution in [3.8, 4) is 0 Å². The smallest absolute Gasteiger partial charge is 0.141 e. The average Bonchev–Trinajstić information content (AvgIpc) is 2.10. The Labute approximate surface area is 91.7 Å². The standard InChI is InChI=1S/C10H13FIN/c1-2-4-9(13)7-5-3-6-8(12)10(7)11/h3,5-6,9H,2,4,13H2,1H3/t9-/m0/s1. The van der Waals surface area contributed by atoms with Gasteiger partial charge in [0, 0.05) is 15.2 Å². The Kier molecular flexibility index (Phi) is 4.12. The van der Waals surface area contributed by atoms with E-state index in [2.05, 4.69) is 0 Å². The van der Waals surface area contributed by atoms with E-state index >= 15 is 0 Å². The minimum absolute atomic E-state index is 0.163. The lowest BCUT2D eigenvalue weighted by Crippen LogP contribution is -2.12. The van der Waals surface area contributed by atoms with Gasteiger partial charge >= 0.3 is 0 Å². The summed E-state index contributed by atoms with van der Waals surface area (Å²) in [6.45, 7) is 2.05. The summed E-state index contributed by atoms with van der Waals surface area (Å²) in [5, 5.41) is 0. The van der Waals surface area contributed by atoms with E-state index in [-0.39, 0.29) is 11.9 Å². The van der Waals surface area contributed by atoms with Crippen LogP contribution in [0.3, 0.4) is 0 Å². The van der Waals surface area contributed by atoms with E-state index in [1.807, 2.05) is 35.6 Å². The summed E-state index contributed by atoms with van der Waals surface area (Å²) in [7, 11) is 0. The minimum Gasteiger partial charge on any atom is -0.324 e. The molecule has 72 valence electrons. The fourth-order valence-electron chi connectivity index (χ4n) is 1.27. The Morgan fingerprint density at radius 2 is 2.23 bits per heavy atom. The van der Waals surface area contributed by atoms with Crippen LogP contribution in [0.4, 0.5) is 4.39 Å². The van der Waals surface area contributed by atoms with Crippen LogP contribution in [-0.2, 0) is 0 Å². The molecule has 1 nitrogen and oxygen atoms in total. The molecule has 0 fully saturated rings. The highest BCUT2D eigenvalue weighted by molar-refractivity contribution is 14.1. The van der Waals surface area contributed by atoms with Crippen molar-refractivity contribution in [2.75, 3.05) is 0 Å². The molecule has 0 aliphatic carbocycles. The van der Waals surface area contributed by atoms with Gasteiger partial charge in [-0.25, -0.2) is 4.39 Å². The second-order valence-electron chi connectivity index (χ2n) is 3.04. The van der Waals surface area contributed by atoms with Gasteiger partial charge in [0.25, 0.3) is 0 Å². The van der Waals surface area contributed by atoms with Crippen LogP contribution in [0.15, 0.2) is 18.2 Å². The van der Waals surface area contributed by atoms with E-state index < -0.39 is 0 Å². The summed E-state index contributed by atoms with van der Waals surface area (Å²) < 4.78 is 14.1. The summed E-state index contributed by atoms with van der Waals surface area (Å²) in [4.78, 5) is 0. The number of benzene rings is 1. The number of hydrogen-bond acceptors (Lipinski definition) is 1. The molecule has 0 heterocycles. The van der Waals surface area contributed by atoms with Gasteiger partial charge in [0.05, 0.1) is 0 Å². The fourth-order valence-corrected chi connectivity index (χ4v) is 1.79. The lowest BCUT2D eigenvalue weighted by molar-refractivity contribution is 0.555. The fraction of sp³-hybridized carbons (Fsp3) is 0.400.